The van der Waals surface area contributed by atoms with Gasteiger partial charge in [0.25, 0.3) is 0 Å². The summed E-state index contributed by atoms with van der Waals surface area (Å²) in [7, 11) is 1.94. The molecule has 1 aliphatic heterocycles. The van der Waals surface area contributed by atoms with Crippen molar-refractivity contribution in [3.63, 3.8) is 0 Å². The summed E-state index contributed by atoms with van der Waals surface area (Å²) in [6.45, 7) is 8.22. The van der Waals surface area contributed by atoms with Gasteiger partial charge in [0.1, 0.15) is 11.6 Å². The second kappa shape index (κ2) is 7.21. The summed E-state index contributed by atoms with van der Waals surface area (Å²) in [5.41, 5.74) is 0. The third-order valence-corrected chi connectivity index (χ3v) is 4.86. The lowest BCUT2D eigenvalue weighted by Crippen LogP contribution is -2.35. The Morgan fingerprint density at radius 2 is 2.12 bits per heavy atom. The molecule has 0 radical (unpaired) electrons. The predicted molar refractivity (Wildman–Crippen MR) is 96.0 cm³/mol. The highest BCUT2D eigenvalue weighted by atomic mass is 16.2. The van der Waals surface area contributed by atoms with E-state index in [9.17, 15) is 4.79 Å². The quantitative estimate of drug-likeness (QED) is 0.895. The van der Waals surface area contributed by atoms with Crippen LogP contribution in [0.5, 0.6) is 0 Å². The minimum absolute atomic E-state index is 0.0418. The maximum atomic E-state index is 12.6. The largest absolute Gasteiger partial charge is 0.356 e. The Labute approximate surface area is 148 Å². The van der Waals surface area contributed by atoms with Gasteiger partial charge in [-0.3, -0.25) is 4.79 Å². The van der Waals surface area contributed by atoms with E-state index < -0.39 is 0 Å². The number of aromatic nitrogens is 4. The number of rotatable bonds is 5. The van der Waals surface area contributed by atoms with Crippen molar-refractivity contribution in [1.29, 1.82) is 0 Å². The molecule has 1 aliphatic rings. The Hall–Kier alpha value is -2.44. The molecule has 1 N–H and O–H groups in total. The average Bonchev–Trinajstić information content (AvgIpc) is 3.16. The third kappa shape index (κ3) is 3.65. The Kier molecular flexibility index (Phi) is 5.01. The van der Waals surface area contributed by atoms with Crippen molar-refractivity contribution in [3.8, 4) is 0 Å². The van der Waals surface area contributed by atoms with Gasteiger partial charge in [0.05, 0.1) is 12.5 Å². The second-order valence-electron chi connectivity index (χ2n) is 7.08. The van der Waals surface area contributed by atoms with Crippen molar-refractivity contribution >= 4 is 11.7 Å². The number of anilines is 1. The highest BCUT2D eigenvalue weighted by Crippen LogP contribution is 2.26. The molecule has 1 amide bonds. The van der Waals surface area contributed by atoms with E-state index >= 15 is 0 Å². The van der Waals surface area contributed by atoms with Gasteiger partial charge >= 0.3 is 0 Å². The van der Waals surface area contributed by atoms with Crippen LogP contribution in [0.2, 0.25) is 0 Å². The van der Waals surface area contributed by atoms with Crippen LogP contribution in [0.4, 0.5) is 5.82 Å². The monoisotopic (exact) mass is 342 g/mol. The van der Waals surface area contributed by atoms with E-state index in [1.54, 1.807) is 6.20 Å². The zero-order valence-corrected chi connectivity index (χ0v) is 15.3. The molecule has 0 aromatic carbocycles. The molecule has 3 heterocycles. The number of carbonyl (C=O) groups is 1. The van der Waals surface area contributed by atoms with Gasteiger partial charge in [-0.05, 0) is 18.1 Å². The lowest BCUT2D eigenvalue weighted by atomic mass is 9.97. The van der Waals surface area contributed by atoms with Gasteiger partial charge in [0.2, 0.25) is 5.91 Å². The minimum atomic E-state index is -0.0418. The highest BCUT2D eigenvalue weighted by molar-refractivity contribution is 5.80. The third-order valence-electron chi connectivity index (χ3n) is 4.86. The molecule has 0 aliphatic carbocycles. The molecule has 2 aromatic heterocycles. The first-order valence-corrected chi connectivity index (χ1v) is 8.79. The Bertz CT molecular complexity index is 726. The molecule has 3 rings (SSSR count). The summed E-state index contributed by atoms with van der Waals surface area (Å²) in [4.78, 5) is 19.2. The lowest BCUT2D eigenvalue weighted by molar-refractivity contribution is -0.125. The van der Waals surface area contributed by atoms with Crippen molar-refractivity contribution in [1.82, 2.24) is 25.1 Å². The summed E-state index contributed by atoms with van der Waals surface area (Å²) in [6, 6.07) is 5.86. The van der Waals surface area contributed by atoms with E-state index in [4.69, 9.17) is 0 Å². The van der Waals surface area contributed by atoms with Crippen LogP contribution < -0.4 is 10.2 Å². The fourth-order valence-corrected chi connectivity index (χ4v) is 3.37. The molecule has 7 heteroatoms. The van der Waals surface area contributed by atoms with Crippen LogP contribution in [0.3, 0.4) is 0 Å². The number of nitrogens with one attached hydrogen (secondary N) is 1. The van der Waals surface area contributed by atoms with E-state index in [0.717, 1.165) is 24.0 Å². The molecule has 0 saturated carbocycles. The molecular weight excluding hydrogens is 316 g/mol. The first-order chi connectivity index (χ1) is 12.0. The molecule has 2 atom stereocenters. The zero-order valence-electron chi connectivity index (χ0n) is 15.3. The highest BCUT2D eigenvalue weighted by Gasteiger charge is 2.35. The number of pyridine rings is 1. The number of nitrogens with zero attached hydrogens (tertiary/aromatic N) is 5. The Morgan fingerprint density at radius 1 is 1.32 bits per heavy atom. The van der Waals surface area contributed by atoms with Crippen LogP contribution in [0.25, 0.3) is 0 Å². The molecule has 0 spiro atoms. The number of amides is 1. The van der Waals surface area contributed by atoms with E-state index in [0.29, 0.717) is 19.0 Å². The van der Waals surface area contributed by atoms with Crippen molar-refractivity contribution in [2.75, 3.05) is 18.0 Å². The molecule has 1 saturated heterocycles. The van der Waals surface area contributed by atoms with Gasteiger partial charge in [-0.1, -0.05) is 26.8 Å². The molecule has 2 aromatic rings. The van der Waals surface area contributed by atoms with Crippen molar-refractivity contribution in [2.45, 2.75) is 33.2 Å². The normalized spacial score (nSPS) is 20.3. The number of carbonyl (C=O) groups excluding carboxylic acids is 1. The first-order valence-electron chi connectivity index (χ1n) is 8.79. The predicted octanol–water partition coefficient (Wildman–Crippen LogP) is 1.72. The molecule has 25 heavy (non-hydrogen) atoms. The standard InChI is InChI=1S/C18H26N6O/c1-12(2)17-22-21-16(23(17)4)9-20-18(25)14-11-24(10-13(14)3)15-7-5-6-8-19-15/h5-8,12-14H,9-11H2,1-4H3,(H,20,25)/t13-,14-/m1/s1. The van der Waals surface area contributed by atoms with Gasteiger partial charge in [0, 0.05) is 32.3 Å². The maximum Gasteiger partial charge on any atom is 0.225 e. The summed E-state index contributed by atoms with van der Waals surface area (Å²) in [6.07, 6.45) is 1.79. The van der Waals surface area contributed by atoms with E-state index in [1.165, 1.54) is 0 Å². The van der Waals surface area contributed by atoms with Crippen molar-refractivity contribution < 1.29 is 4.79 Å². The van der Waals surface area contributed by atoms with Crippen molar-refractivity contribution in [2.24, 2.45) is 18.9 Å². The van der Waals surface area contributed by atoms with Crippen molar-refractivity contribution in [3.05, 3.63) is 36.0 Å². The molecule has 134 valence electrons. The fourth-order valence-electron chi connectivity index (χ4n) is 3.37. The fraction of sp³-hybridized carbons (Fsp3) is 0.556. The molecule has 0 unspecified atom stereocenters. The zero-order chi connectivity index (χ0) is 18.0. The summed E-state index contributed by atoms with van der Waals surface area (Å²) < 4.78 is 1.96. The summed E-state index contributed by atoms with van der Waals surface area (Å²) >= 11 is 0. The van der Waals surface area contributed by atoms with Crippen LogP contribution in [0.15, 0.2) is 24.4 Å². The maximum absolute atomic E-state index is 12.6. The van der Waals surface area contributed by atoms with E-state index in [-0.39, 0.29) is 17.7 Å². The minimum Gasteiger partial charge on any atom is -0.356 e. The van der Waals surface area contributed by atoms with Crippen LogP contribution in [-0.4, -0.2) is 38.7 Å². The molecular formula is C18H26N6O. The SMILES string of the molecule is CC(C)c1nnc(CNC(=O)[C@@H]2CN(c3ccccn3)C[C@H]2C)n1C. The van der Waals surface area contributed by atoms with Crippen LogP contribution in [0, 0.1) is 11.8 Å². The summed E-state index contributed by atoms with van der Waals surface area (Å²) in [5.74, 6) is 3.26. The Morgan fingerprint density at radius 3 is 2.76 bits per heavy atom. The Balaban J connectivity index is 1.60. The molecule has 0 bridgehead atoms. The van der Waals surface area contributed by atoms with E-state index in [1.807, 2.05) is 29.8 Å². The van der Waals surface area contributed by atoms with Gasteiger partial charge in [0.15, 0.2) is 5.82 Å². The number of hydrogen-bond acceptors (Lipinski definition) is 5. The van der Waals surface area contributed by atoms with Crippen LogP contribution in [0.1, 0.15) is 38.3 Å². The smallest absolute Gasteiger partial charge is 0.225 e. The number of hydrogen-bond donors (Lipinski definition) is 1. The molecule has 1 fully saturated rings. The van der Waals surface area contributed by atoms with Gasteiger partial charge in [-0.2, -0.15) is 0 Å². The van der Waals surface area contributed by atoms with Crippen LogP contribution >= 0.6 is 0 Å². The van der Waals surface area contributed by atoms with Gasteiger partial charge < -0.3 is 14.8 Å². The molecule has 7 nitrogen and oxygen atoms in total. The second-order valence-corrected chi connectivity index (χ2v) is 7.08. The van der Waals surface area contributed by atoms with Gasteiger partial charge in [-0.15, -0.1) is 10.2 Å². The van der Waals surface area contributed by atoms with E-state index in [2.05, 4.69) is 46.2 Å². The first kappa shape index (κ1) is 17.4. The van der Waals surface area contributed by atoms with Crippen LogP contribution in [-0.2, 0) is 18.4 Å². The topological polar surface area (TPSA) is 75.9 Å². The lowest BCUT2D eigenvalue weighted by Gasteiger charge is -2.17. The summed E-state index contributed by atoms with van der Waals surface area (Å²) in [5, 5.41) is 11.4. The van der Waals surface area contributed by atoms with Gasteiger partial charge in [-0.25, -0.2) is 4.98 Å². The average molecular weight is 342 g/mol.